The van der Waals surface area contributed by atoms with E-state index in [1.807, 2.05) is 66.7 Å². The summed E-state index contributed by atoms with van der Waals surface area (Å²) in [6, 6.07) is 24.5. The zero-order valence-electron chi connectivity index (χ0n) is 15.5. The molecule has 4 aliphatic rings. The Morgan fingerprint density at radius 3 is 1.86 bits per heavy atom. The van der Waals surface area contributed by atoms with Gasteiger partial charge in [-0.2, -0.15) is 0 Å². The van der Waals surface area contributed by atoms with Crippen LogP contribution in [0.2, 0.25) is 0 Å². The Morgan fingerprint density at radius 1 is 0.724 bits per heavy atom. The van der Waals surface area contributed by atoms with E-state index in [1.54, 1.807) is 12.1 Å². The topological polar surface area (TPSA) is 54.5 Å². The normalized spacial score (nSPS) is 28.7. The molecular formula is C25H17NO3. The summed E-state index contributed by atoms with van der Waals surface area (Å²) < 4.78 is 0. The largest absolute Gasteiger partial charge is 0.302 e. The van der Waals surface area contributed by atoms with Crippen LogP contribution in [0.4, 0.5) is 5.69 Å². The van der Waals surface area contributed by atoms with Gasteiger partial charge in [0.05, 0.1) is 22.9 Å². The Morgan fingerprint density at radius 2 is 1.28 bits per heavy atom. The molecule has 3 aliphatic carbocycles. The van der Waals surface area contributed by atoms with Gasteiger partial charge in [-0.3, -0.25) is 9.59 Å². The van der Waals surface area contributed by atoms with Gasteiger partial charge in [0, 0.05) is 5.92 Å². The molecule has 0 aromatic heterocycles. The standard InChI is InChI=1S/C25H17NO3/c27-14-25-18-12-6-4-10-16(18)20(17-11-5-7-13-19(17)25)21-22(25)24(29)26(23(21)28)15-8-2-1-3-9-15/h1-14,20-22H. The van der Waals surface area contributed by atoms with E-state index in [0.29, 0.717) is 5.69 Å². The average molecular weight is 379 g/mol. The molecule has 2 bridgehead atoms. The smallest absolute Gasteiger partial charge is 0.239 e. The lowest BCUT2D eigenvalue weighted by Gasteiger charge is -2.51. The SMILES string of the molecule is O=CC12c3ccccc3C(c3ccccc31)C1C(=O)N(c3ccccc3)C(=O)C12. The van der Waals surface area contributed by atoms with Crippen molar-refractivity contribution in [3.8, 4) is 0 Å². The van der Waals surface area contributed by atoms with Crippen molar-refractivity contribution in [2.24, 2.45) is 11.8 Å². The molecule has 0 spiro atoms. The highest BCUT2D eigenvalue weighted by Crippen LogP contribution is 2.63. The van der Waals surface area contributed by atoms with E-state index in [4.69, 9.17) is 0 Å². The highest BCUT2D eigenvalue weighted by Gasteiger charge is 2.68. The van der Waals surface area contributed by atoms with E-state index < -0.39 is 17.3 Å². The number of anilines is 1. The number of rotatable bonds is 2. The lowest BCUT2D eigenvalue weighted by Crippen LogP contribution is -2.54. The van der Waals surface area contributed by atoms with Crippen LogP contribution in [0.15, 0.2) is 78.9 Å². The van der Waals surface area contributed by atoms with Crippen molar-refractivity contribution < 1.29 is 14.4 Å². The number of hydrogen-bond donors (Lipinski definition) is 0. The van der Waals surface area contributed by atoms with Crippen molar-refractivity contribution in [3.05, 3.63) is 101 Å². The van der Waals surface area contributed by atoms with E-state index >= 15 is 0 Å². The van der Waals surface area contributed by atoms with E-state index in [2.05, 4.69) is 0 Å². The first-order valence-corrected chi connectivity index (χ1v) is 9.78. The van der Waals surface area contributed by atoms with Crippen molar-refractivity contribution in [1.29, 1.82) is 0 Å². The molecule has 140 valence electrons. The highest BCUT2D eigenvalue weighted by atomic mass is 16.2. The molecule has 4 heteroatoms. The molecule has 1 fully saturated rings. The van der Waals surface area contributed by atoms with Crippen molar-refractivity contribution in [2.45, 2.75) is 11.3 Å². The Hall–Kier alpha value is -3.53. The third kappa shape index (κ3) is 1.77. The van der Waals surface area contributed by atoms with E-state index in [1.165, 1.54) is 4.90 Å². The second-order valence-electron chi connectivity index (χ2n) is 7.99. The Labute approximate surface area is 167 Å². The summed E-state index contributed by atoms with van der Waals surface area (Å²) in [6.45, 7) is 0. The molecule has 2 unspecified atom stereocenters. The molecule has 0 radical (unpaired) electrons. The maximum Gasteiger partial charge on any atom is 0.239 e. The third-order valence-corrected chi connectivity index (χ3v) is 6.88. The number of benzene rings is 3. The minimum atomic E-state index is -1.14. The van der Waals surface area contributed by atoms with Gasteiger partial charge in [0.15, 0.2) is 0 Å². The van der Waals surface area contributed by atoms with Crippen LogP contribution in [0.25, 0.3) is 0 Å². The Bertz CT molecular complexity index is 1150. The van der Waals surface area contributed by atoms with Crippen LogP contribution in [-0.2, 0) is 19.8 Å². The summed E-state index contributed by atoms with van der Waals surface area (Å²) in [5, 5.41) is 0. The van der Waals surface area contributed by atoms with Gasteiger partial charge in [-0.25, -0.2) is 4.90 Å². The number of carbonyl (C=O) groups is 3. The fourth-order valence-electron chi connectivity index (χ4n) is 5.86. The lowest BCUT2D eigenvalue weighted by atomic mass is 9.48. The Kier molecular flexibility index (Phi) is 3.12. The van der Waals surface area contributed by atoms with Crippen LogP contribution in [0.5, 0.6) is 0 Å². The van der Waals surface area contributed by atoms with Crippen LogP contribution in [-0.4, -0.2) is 18.1 Å². The first-order chi connectivity index (χ1) is 14.2. The zero-order valence-corrected chi connectivity index (χ0v) is 15.5. The molecule has 3 aromatic carbocycles. The summed E-state index contributed by atoms with van der Waals surface area (Å²) in [5.41, 5.74) is 3.10. The van der Waals surface area contributed by atoms with Crippen LogP contribution in [0, 0.1) is 11.8 Å². The molecule has 2 atom stereocenters. The molecule has 1 heterocycles. The number of aldehydes is 1. The average Bonchev–Trinajstić information content (AvgIpc) is 3.05. The zero-order chi connectivity index (χ0) is 19.8. The van der Waals surface area contributed by atoms with Crippen molar-refractivity contribution in [1.82, 2.24) is 0 Å². The maximum atomic E-state index is 13.7. The van der Waals surface area contributed by atoms with Gasteiger partial charge >= 0.3 is 0 Å². The number of hydrogen-bond acceptors (Lipinski definition) is 3. The molecule has 2 amide bonds. The molecule has 1 aliphatic heterocycles. The molecule has 7 rings (SSSR count). The van der Waals surface area contributed by atoms with E-state index in [0.717, 1.165) is 28.5 Å². The van der Waals surface area contributed by atoms with Gasteiger partial charge < -0.3 is 4.79 Å². The van der Waals surface area contributed by atoms with Crippen molar-refractivity contribution in [2.75, 3.05) is 4.90 Å². The third-order valence-electron chi connectivity index (χ3n) is 6.88. The molecule has 4 nitrogen and oxygen atoms in total. The van der Waals surface area contributed by atoms with Gasteiger partial charge in [0.2, 0.25) is 11.8 Å². The van der Waals surface area contributed by atoms with Gasteiger partial charge in [-0.05, 0) is 34.4 Å². The minimum absolute atomic E-state index is 0.216. The molecule has 0 N–H and O–H groups in total. The minimum Gasteiger partial charge on any atom is -0.302 e. The van der Waals surface area contributed by atoms with Crippen LogP contribution >= 0.6 is 0 Å². The van der Waals surface area contributed by atoms with Crippen LogP contribution in [0.3, 0.4) is 0 Å². The van der Waals surface area contributed by atoms with Gasteiger partial charge in [-0.15, -0.1) is 0 Å². The number of carbonyl (C=O) groups excluding carboxylic acids is 3. The Balaban J connectivity index is 1.67. The number of amides is 2. The van der Waals surface area contributed by atoms with Crippen LogP contribution < -0.4 is 4.90 Å². The molecule has 0 saturated carbocycles. The summed E-state index contributed by atoms with van der Waals surface area (Å²) in [6.07, 6.45) is 0.900. The second-order valence-corrected chi connectivity index (χ2v) is 7.99. The fourth-order valence-corrected chi connectivity index (χ4v) is 5.86. The maximum absolute atomic E-state index is 13.7. The first-order valence-electron chi connectivity index (χ1n) is 9.78. The first kappa shape index (κ1) is 16.4. The number of nitrogens with zero attached hydrogens (tertiary/aromatic N) is 1. The molecule has 29 heavy (non-hydrogen) atoms. The van der Waals surface area contributed by atoms with Crippen LogP contribution in [0.1, 0.15) is 28.2 Å². The summed E-state index contributed by atoms with van der Waals surface area (Å²) in [4.78, 5) is 41.4. The monoisotopic (exact) mass is 379 g/mol. The molecular weight excluding hydrogens is 362 g/mol. The summed E-state index contributed by atoms with van der Waals surface area (Å²) in [7, 11) is 0. The lowest BCUT2D eigenvalue weighted by molar-refractivity contribution is -0.128. The predicted molar refractivity (Wildman–Crippen MR) is 107 cm³/mol. The highest BCUT2D eigenvalue weighted by molar-refractivity contribution is 6.24. The quantitative estimate of drug-likeness (QED) is 0.506. The fraction of sp³-hybridized carbons (Fsp3) is 0.160. The van der Waals surface area contributed by atoms with Gasteiger partial charge in [0.1, 0.15) is 6.29 Å². The van der Waals surface area contributed by atoms with E-state index in [-0.39, 0.29) is 17.7 Å². The number of para-hydroxylation sites is 1. The molecule has 1 saturated heterocycles. The van der Waals surface area contributed by atoms with Crippen molar-refractivity contribution >= 4 is 23.8 Å². The summed E-state index contributed by atoms with van der Waals surface area (Å²) >= 11 is 0. The van der Waals surface area contributed by atoms with Gasteiger partial charge in [-0.1, -0.05) is 66.7 Å². The summed E-state index contributed by atoms with van der Waals surface area (Å²) in [5.74, 6) is -2.02. The van der Waals surface area contributed by atoms with Gasteiger partial charge in [0.25, 0.3) is 0 Å². The molecule has 3 aromatic rings. The van der Waals surface area contributed by atoms with E-state index in [9.17, 15) is 14.4 Å². The predicted octanol–water partition coefficient (Wildman–Crippen LogP) is 3.44. The second kappa shape index (κ2) is 5.51. The van der Waals surface area contributed by atoms with Crippen molar-refractivity contribution in [3.63, 3.8) is 0 Å². The number of imide groups is 1.